The Bertz CT molecular complexity index is 1290. The number of hydrogen-bond acceptors (Lipinski definition) is 4. The Labute approximate surface area is 232 Å². The van der Waals surface area contributed by atoms with E-state index in [2.05, 4.69) is 5.32 Å². The lowest BCUT2D eigenvalue weighted by molar-refractivity contribution is -0.137. The molecule has 39 heavy (non-hydrogen) atoms. The number of likely N-dealkylation sites (tertiary alicyclic amines) is 1. The monoisotopic (exact) mass is 587 g/mol. The van der Waals surface area contributed by atoms with Gasteiger partial charge in [0.15, 0.2) is 9.84 Å². The molecule has 12 heteroatoms. The summed E-state index contributed by atoms with van der Waals surface area (Å²) in [6.07, 6.45) is -3.74. The Morgan fingerprint density at radius 1 is 1.08 bits per heavy atom. The normalized spacial score (nSPS) is 16.1. The Hall–Kier alpha value is -2.79. The van der Waals surface area contributed by atoms with Gasteiger partial charge in [-0.25, -0.2) is 13.2 Å². The van der Waals surface area contributed by atoms with E-state index in [9.17, 15) is 31.2 Å². The number of halogens is 4. The number of carbonyl (C=O) groups is 2. The van der Waals surface area contributed by atoms with Crippen LogP contribution in [0.4, 0.5) is 18.0 Å². The highest BCUT2D eigenvalue weighted by Crippen LogP contribution is 2.39. The average molecular weight is 588 g/mol. The van der Waals surface area contributed by atoms with Crippen LogP contribution in [-0.2, 0) is 27.2 Å². The van der Waals surface area contributed by atoms with Crippen molar-refractivity contribution >= 4 is 33.4 Å². The molecule has 1 fully saturated rings. The topological polar surface area (TPSA) is 86.8 Å². The summed E-state index contributed by atoms with van der Waals surface area (Å²) in [5, 5.41) is 3.30. The molecule has 3 amide bonds. The summed E-state index contributed by atoms with van der Waals surface area (Å²) in [6.45, 7) is 3.54. The molecule has 1 aliphatic rings. The van der Waals surface area contributed by atoms with E-state index in [-0.39, 0.29) is 30.3 Å². The molecule has 1 saturated heterocycles. The Morgan fingerprint density at radius 2 is 1.67 bits per heavy atom. The fourth-order valence-electron chi connectivity index (χ4n) is 4.71. The maximum Gasteiger partial charge on any atom is 0.416 e. The highest BCUT2D eigenvalue weighted by Gasteiger charge is 2.45. The lowest BCUT2D eigenvalue weighted by Gasteiger charge is -2.41. The number of amides is 3. The van der Waals surface area contributed by atoms with E-state index in [0.29, 0.717) is 23.9 Å². The summed E-state index contributed by atoms with van der Waals surface area (Å²) in [4.78, 5) is 28.4. The van der Waals surface area contributed by atoms with Crippen LogP contribution < -0.4 is 5.32 Å². The van der Waals surface area contributed by atoms with Crippen molar-refractivity contribution in [3.63, 3.8) is 0 Å². The molecule has 0 spiro atoms. The minimum atomic E-state index is -4.66. The second-order valence-corrected chi connectivity index (χ2v) is 13.4. The van der Waals surface area contributed by atoms with Gasteiger partial charge >= 0.3 is 12.2 Å². The average Bonchev–Trinajstić information content (AvgIpc) is 2.88. The van der Waals surface area contributed by atoms with Gasteiger partial charge in [0.2, 0.25) is 5.91 Å². The smallest absolute Gasteiger partial charge is 0.341 e. The molecule has 0 radical (unpaired) electrons. The SMILES string of the molecule is CN(C)C(=O)NC(Cc1ccc(Cl)cc1)C(=O)N1CCC(C(C)(C)S(=O)(=O)c2cccc(C(F)(F)F)c2)CC1. The number of hydrogen-bond donors (Lipinski definition) is 1. The van der Waals surface area contributed by atoms with Gasteiger partial charge < -0.3 is 15.1 Å². The van der Waals surface area contributed by atoms with Gasteiger partial charge in [0.05, 0.1) is 15.2 Å². The molecule has 0 aromatic heterocycles. The van der Waals surface area contributed by atoms with E-state index in [1.54, 1.807) is 43.3 Å². The minimum absolute atomic E-state index is 0.241. The summed E-state index contributed by atoms with van der Waals surface area (Å²) in [5.41, 5.74) is -0.216. The van der Waals surface area contributed by atoms with Gasteiger partial charge in [0, 0.05) is 38.6 Å². The Kier molecular flexibility index (Phi) is 9.27. The van der Waals surface area contributed by atoms with Crippen LogP contribution in [0.15, 0.2) is 53.4 Å². The van der Waals surface area contributed by atoms with E-state index < -0.39 is 44.3 Å². The van der Waals surface area contributed by atoms with Crippen LogP contribution in [-0.4, -0.2) is 68.1 Å². The number of nitrogens with one attached hydrogen (secondary N) is 1. The highest BCUT2D eigenvalue weighted by atomic mass is 35.5. The van der Waals surface area contributed by atoms with Gasteiger partial charge in [-0.15, -0.1) is 0 Å². The zero-order valence-electron chi connectivity index (χ0n) is 22.3. The molecule has 0 bridgehead atoms. The van der Waals surface area contributed by atoms with Crippen molar-refractivity contribution in [1.29, 1.82) is 0 Å². The number of benzene rings is 2. The molecular formula is C27H33ClF3N3O4S. The van der Waals surface area contributed by atoms with Crippen LogP contribution in [0.1, 0.15) is 37.8 Å². The van der Waals surface area contributed by atoms with E-state index in [0.717, 1.165) is 17.7 Å². The predicted octanol–water partition coefficient (Wildman–Crippen LogP) is 5.03. The van der Waals surface area contributed by atoms with Crippen LogP contribution >= 0.6 is 11.6 Å². The largest absolute Gasteiger partial charge is 0.416 e. The zero-order valence-corrected chi connectivity index (χ0v) is 23.8. The van der Waals surface area contributed by atoms with Gasteiger partial charge in [-0.2, -0.15) is 13.2 Å². The molecule has 1 atom stereocenters. The van der Waals surface area contributed by atoms with Crippen LogP contribution in [0.25, 0.3) is 0 Å². The minimum Gasteiger partial charge on any atom is -0.341 e. The molecule has 2 aromatic carbocycles. The molecule has 0 aliphatic carbocycles. The van der Waals surface area contributed by atoms with Crippen molar-refractivity contribution in [2.75, 3.05) is 27.2 Å². The maximum absolute atomic E-state index is 13.5. The van der Waals surface area contributed by atoms with Crippen molar-refractivity contribution in [2.24, 2.45) is 5.92 Å². The van der Waals surface area contributed by atoms with E-state index >= 15 is 0 Å². The third-order valence-corrected chi connectivity index (χ3v) is 10.2. The lowest BCUT2D eigenvalue weighted by atomic mass is 9.85. The van der Waals surface area contributed by atoms with Crippen molar-refractivity contribution in [1.82, 2.24) is 15.1 Å². The summed E-state index contributed by atoms with van der Waals surface area (Å²) in [5.74, 6) is -0.690. The van der Waals surface area contributed by atoms with Gasteiger partial charge in [-0.3, -0.25) is 4.79 Å². The van der Waals surface area contributed by atoms with Gasteiger partial charge in [-0.05, 0) is 68.5 Å². The molecule has 0 saturated carbocycles. The standard InChI is InChI=1S/C27H33ClF3N3O4S/c1-26(2,39(37,38)22-7-5-6-20(17-22)27(29,30)31)19-12-14-34(15-13-19)24(35)23(32-25(36)33(3)4)16-18-8-10-21(28)11-9-18/h5-11,17,19,23H,12-16H2,1-4H3,(H,32,36). The van der Waals surface area contributed by atoms with Gasteiger partial charge in [-0.1, -0.05) is 29.8 Å². The first-order valence-corrected chi connectivity index (χ1v) is 14.3. The third kappa shape index (κ3) is 7.05. The number of piperidine rings is 1. The number of carbonyl (C=O) groups excluding carboxylic acids is 2. The van der Waals surface area contributed by atoms with E-state index in [4.69, 9.17) is 11.6 Å². The number of nitrogens with zero attached hydrogens (tertiary/aromatic N) is 2. The highest BCUT2D eigenvalue weighted by molar-refractivity contribution is 7.92. The molecule has 2 aromatic rings. The second kappa shape index (κ2) is 11.8. The molecular weight excluding hydrogens is 555 g/mol. The van der Waals surface area contributed by atoms with Gasteiger partial charge in [0.1, 0.15) is 6.04 Å². The Morgan fingerprint density at radius 3 is 2.21 bits per heavy atom. The predicted molar refractivity (Wildman–Crippen MR) is 143 cm³/mol. The van der Waals surface area contributed by atoms with Crippen LogP contribution in [0.2, 0.25) is 5.02 Å². The van der Waals surface area contributed by atoms with E-state index in [1.165, 1.54) is 24.8 Å². The van der Waals surface area contributed by atoms with Crippen molar-refractivity contribution in [3.05, 3.63) is 64.7 Å². The molecule has 7 nitrogen and oxygen atoms in total. The molecule has 1 heterocycles. The van der Waals surface area contributed by atoms with Gasteiger partial charge in [0.25, 0.3) is 0 Å². The lowest BCUT2D eigenvalue weighted by Crippen LogP contribution is -2.55. The summed E-state index contributed by atoms with van der Waals surface area (Å²) in [6, 6.07) is 9.46. The fraction of sp³-hybridized carbons (Fsp3) is 0.481. The molecule has 1 aliphatic heterocycles. The van der Waals surface area contributed by atoms with Crippen molar-refractivity contribution in [3.8, 4) is 0 Å². The van der Waals surface area contributed by atoms with Crippen LogP contribution in [0.3, 0.4) is 0 Å². The quantitative estimate of drug-likeness (QED) is 0.492. The number of rotatable bonds is 7. The number of sulfone groups is 1. The van der Waals surface area contributed by atoms with Crippen molar-refractivity contribution < 1.29 is 31.2 Å². The summed E-state index contributed by atoms with van der Waals surface area (Å²) in [7, 11) is -0.987. The summed E-state index contributed by atoms with van der Waals surface area (Å²) < 4.78 is 65.2. The fourth-order valence-corrected chi connectivity index (χ4v) is 6.66. The number of alkyl halides is 3. The Balaban J connectivity index is 1.75. The second-order valence-electron chi connectivity index (χ2n) is 10.5. The number of urea groups is 1. The maximum atomic E-state index is 13.5. The molecule has 1 N–H and O–H groups in total. The summed E-state index contributed by atoms with van der Waals surface area (Å²) >= 11 is 5.96. The van der Waals surface area contributed by atoms with Crippen LogP contribution in [0, 0.1) is 5.92 Å². The van der Waals surface area contributed by atoms with Crippen LogP contribution in [0.5, 0.6) is 0 Å². The molecule has 214 valence electrons. The van der Waals surface area contributed by atoms with Crippen molar-refractivity contribution in [2.45, 2.75) is 55.0 Å². The van der Waals surface area contributed by atoms with E-state index in [1.807, 2.05) is 0 Å². The molecule has 3 rings (SSSR count). The first-order chi connectivity index (χ1) is 18.0. The third-order valence-electron chi connectivity index (χ3n) is 7.31. The molecule has 1 unspecified atom stereocenters. The zero-order chi connectivity index (χ0) is 29.2. The first kappa shape index (κ1) is 30.7. The first-order valence-electron chi connectivity index (χ1n) is 12.5.